The van der Waals surface area contributed by atoms with E-state index in [9.17, 15) is 0 Å². The molecule has 1 aromatic carbocycles. The normalized spacial score (nSPS) is 17.5. The number of rotatable bonds is 2. The van der Waals surface area contributed by atoms with Crippen molar-refractivity contribution >= 4 is 23.2 Å². The van der Waals surface area contributed by atoms with Gasteiger partial charge in [0.25, 0.3) is 0 Å². The molecule has 0 spiro atoms. The van der Waals surface area contributed by atoms with E-state index < -0.39 is 0 Å². The summed E-state index contributed by atoms with van der Waals surface area (Å²) in [7, 11) is 1.53. The molecule has 0 unspecified atom stereocenters. The van der Waals surface area contributed by atoms with Crippen molar-refractivity contribution in [3.63, 3.8) is 0 Å². The molecule has 4 nitrogen and oxygen atoms in total. The van der Waals surface area contributed by atoms with Gasteiger partial charge in [0.1, 0.15) is 6.61 Å². The zero-order valence-electron chi connectivity index (χ0n) is 10.1. The molecule has 92 valence electrons. The number of hydrogen-bond donors (Lipinski definition) is 1. The SMILES string of the molecule is COc1c(Cl)ccc(C2=NC(C)(C)CO2)c1N. The van der Waals surface area contributed by atoms with Crippen molar-refractivity contribution in [3.8, 4) is 5.75 Å². The molecule has 1 aliphatic rings. The molecule has 1 aromatic rings. The lowest BCUT2D eigenvalue weighted by Gasteiger charge is -2.11. The van der Waals surface area contributed by atoms with Gasteiger partial charge in [-0.3, -0.25) is 0 Å². The maximum absolute atomic E-state index is 5.99. The van der Waals surface area contributed by atoms with Crippen LogP contribution in [0.25, 0.3) is 0 Å². The Hall–Kier alpha value is -1.42. The van der Waals surface area contributed by atoms with E-state index >= 15 is 0 Å². The first-order valence-corrected chi connectivity index (χ1v) is 5.67. The Bertz CT molecular complexity index is 484. The van der Waals surface area contributed by atoms with Gasteiger partial charge < -0.3 is 15.2 Å². The fourth-order valence-electron chi connectivity index (χ4n) is 1.69. The van der Waals surface area contributed by atoms with E-state index in [0.717, 1.165) is 5.56 Å². The van der Waals surface area contributed by atoms with Crippen LogP contribution in [-0.4, -0.2) is 25.2 Å². The average Bonchev–Trinajstić information content (AvgIpc) is 2.59. The van der Waals surface area contributed by atoms with Gasteiger partial charge in [0.05, 0.1) is 28.9 Å². The molecule has 0 aromatic heterocycles. The molecule has 1 heterocycles. The Morgan fingerprint density at radius 1 is 1.47 bits per heavy atom. The molecule has 2 N–H and O–H groups in total. The first kappa shape index (κ1) is 12.0. The number of nitrogens with zero attached hydrogens (tertiary/aromatic N) is 1. The summed E-state index contributed by atoms with van der Waals surface area (Å²) in [5.74, 6) is 1.00. The molecule has 0 atom stereocenters. The predicted octanol–water partition coefficient (Wildman–Crippen LogP) is 2.49. The highest BCUT2D eigenvalue weighted by molar-refractivity contribution is 6.32. The van der Waals surface area contributed by atoms with Gasteiger partial charge in [-0.1, -0.05) is 11.6 Å². The Balaban J connectivity index is 2.48. The van der Waals surface area contributed by atoms with Crippen LogP contribution in [0.5, 0.6) is 5.75 Å². The van der Waals surface area contributed by atoms with Crippen molar-refractivity contribution in [1.29, 1.82) is 0 Å². The second kappa shape index (κ2) is 4.11. The van der Waals surface area contributed by atoms with Gasteiger partial charge in [-0.2, -0.15) is 0 Å². The summed E-state index contributed by atoms with van der Waals surface area (Å²) in [6.07, 6.45) is 0. The minimum atomic E-state index is -0.214. The lowest BCUT2D eigenvalue weighted by molar-refractivity contribution is 0.279. The summed E-state index contributed by atoms with van der Waals surface area (Å²) in [5.41, 5.74) is 6.95. The van der Waals surface area contributed by atoms with E-state index in [4.69, 9.17) is 26.8 Å². The van der Waals surface area contributed by atoms with Crippen LogP contribution in [0.15, 0.2) is 17.1 Å². The second-order valence-corrected chi connectivity index (χ2v) is 4.97. The Morgan fingerprint density at radius 3 is 2.71 bits per heavy atom. The molecule has 0 bridgehead atoms. The van der Waals surface area contributed by atoms with E-state index in [1.165, 1.54) is 7.11 Å². The van der Waals surface area contributed by atoms with Crippen molar-refractivity contribution in [3.05, 3.63) is 22.7 Å². The molecule has 0 fully saturated rings. The van der Waals surface area contributed by atoms with Gasteiger partial charge in [-0.25, -0.2) is 4.99 Å². The number of methoxy groups -OCH3 is 1. The van der Waals surface area contributed by atoms with Crippen LogP contribution >= 0.6 is 11.6 Å². The van der Waals surface area contributed by atoms with Gasteiger partial charge in [0, 0.05) is 0 Å². The van der Waals surface area contributed by atoms with Crippen molar-refractivity contribution in [2.75, 3.05) is 19.5 Å². The number of benzene rings is 1. The van der Waals surface area contributed by atoms with Crippen molar-refractivity contribution in [2.24, 2.45) is 4.99 Å². The highest BCUT2D eigenvalue weighted by Gasteiger charge is 2.28. The van der Waals surface area contributed by atoms with Gasteiger partial charge in [-0.05, 0) is 26.0 Å². The minimum Gasteiger partial charge on any atom is -0.493 e. The summed E-state index contributed by atoms with van der Waals surface area (Å²) in [6.45, 7) is 4.55. The van der Waals surface area contributed by atoms with E-state index in [0.29, 0.717) is 29.0 Å². The third-order valence-electron chi connectivity index (χ3n) is 2.55. The summed E-state index contributed by atoms with van der Waals surface area (Å²) in [6, 6.07) is 3.52. The van der Waals surface area contributed by atoms with Gasteiger partial charge in [-0.15, -0.1) is 0 Å². The molecular weight excluding hydrogens is 240 g/mol. The fraction of sp³-hybridized carbons (Fsp3) is 0.417. The summed E-state index contributed by atoms with van der Waals surface area (Å²) in [5, 5.41) is 0.478. The van der Waals surface area contributed by atoms with Crippen LogP contribution in [0, 0.1) is 0 Å². The summed E-state index contributed by atoms with van der Waals surface area (Å²) in [4.78, 5) is 4.47. The molecule has 0 aliphatic carbocycles. The molecule has 2 rings (SSSR count). The van der Waals surface area contributed by atoms with E-state index in [-0.39, 0.29) is 5.54 Å². The first-order chi connectivity index (χ1) is 7.94. The quantitative estimate of drug-likeness (QED) is 0.825. The first-order valence-electron chi connectivity index (χ1n) is 5.29. The maximum Gasteiger partial charge on any atom is 0.219 e. The number of anilines is 1. The molecule has 0 saturated carbocycles. The van der Waals surface area contributed by atoms with Crippen LogP contribution in [0.3, 0.4) is 0 Å². The lowest BCUT2D eigenvalue weighted by atomic mass is 10.1. The van der Waals surface area contributed by atoms with Crippen LogP contribution in [0.4, 0.5) is 5.69 Å². The number of hydrogen-bond acceptors (Lipinski definition) is 4. The van der Waals surface area contributed by atoms with Crippen LogP contribution < -0.4 is 10.5 Å². The van der Waals surface area contributed by atoms with Gasteiger partial charge >= 0.3 is 0 Å². The largest absolute Gasteiger partial charge is 0.493 e. The highest BCUT2D eigenvalue weighted by atomic mass is 35.5. The molecule has 1 aliphatic heterocycles. The molecular formula is C12H15ClN2O2. The van der Waals surface area contributed by atoms with Gasteiger partial charge in [0.15, 0.2) is 5.75 Å². The molecule has 5 heteroatoms. The van der Waals surface area contributed by atoms with Crippen molar-refractivity contribution in [2.45, 2.75) is 19.4 Å². The maximum atomic E-state index is 5.99. The number of nitrogen functional groups attached to an aromatic ring is 1. The van der Waals surface area contributed by atoms with Crippen molar-refractivity contribution < 1.29 is 9.47 Å². The number of nitrogens with two attached hydrogens (primary N) is 1. The number of halogens is 1. The molecule has 0 radical (unpaired) electrons. The standard InChI is InChI=1S/C12H15ClN2O2/c1-12(2)6-17-11(15-12)7-4-5-8(13)10(16-3)9(7)14/h4-5H,6,14H2,1-3H3. The average molecular weight is 255 g/mol. The highest BCUT2D eigenvalue weighted by Crippen LogP contribution is 2.35. The fourth-order valence-corrected chi connectivity index (χ4v) is 1.93. The topological polar surface area (TPSA) is 56.8 Å². The zero-order chi connectivity index (χ0) is 12.6. The Kier molecular flexibility index (Phi) is 2.91. The second-order valence-electron chi connectivity index (χ2n) is 4.56. The predicted molar refractivity (Wildman–Crippen MR) is 69.0 cm³/mol. The Labute approximate surface area is 105 Å². The van der Waals surface area contributed by atoms with E-state index in [2.05, 4.69) is 4.99 Å². The third kappa shape index (κ3) is 2.17. The van der Waals surface area contributed by atoms with Crippen LogP contribution in [0.2, 0.25) is 5.02 Å². The van der Waals surface area contributed by atoms with E-state index in [1.807, 2.05) is 13.8 Å². The monoisotopic (exact) mass is 254 g/mol. The lowest BCUT2D eigenvalue weighted by Crippen LogP contribution is -2.17. The summed E-state index contributed by atoms with van der Waals surface area (Å²) >= 11 is 5.98. The van der Waals surface area contributed by atoms with E-state index in [1.54, 1.807) is 12.1 Å². The molecule has 17 heavy (non-hydrogen) atoms. The number of ether oxygens (including phenoxy) is 2. The zero-order valence-corrected chi connectivity index (χ0v) is 10.8. The molecule has 0 amide bonds. The molecule has 0 saturated heterocycles. The van der Waals surface area contributed by atoms with Gasteiger partial charge in [0.2, 0.25) is 5.90 Å². The van der Waals surface area contributed by atoms with Crippen molar-refractivity contribution in [1.82, 2.24) is 0 Å². The summed E-state index contributed by atoms with van der Waals surface area (Å²) < 4.78 is 10.7. The minimum absolute atomic E-state index is 0.214. The third-order valence-corrected chi connectivity index (χ3v) is 2.85. The Morgan fingerprint density at radius 2 is 2.18 bits per heavy atom. The van der Waals surface area contributed by atoms with Crippen LogP contribution in [-0.2, 0) is 4.74 Å². The smallest absolute Gasteiger partial charge is 0.219 e. The van der Waals surface area contributed by atoms with Crippen LogP contribution in [0.1, 0.15) is 19.4 Å². The number of aliphatic imine (C=N–C) groups is 1.